The van der Waals surface area contributed by atoms with Gasteiger partial charge in [0.05, 0.1) is 11.9 Å². The van der Waals surface area contributed by atoms with E-state index in [2.05, 4.69) is 19.8 Å². The van der Waals surface area contributed by atoms with Gasteiger partial charge >= 0.3 is 18.4 Å². The lowest BCUT2D eigenvalue weighted by molar-refractivity contribution is -0.308. The van der Waals surface area contributed by atoms with Gasteiger partial charge in [0.2, 0.25) is 0 Å². The quantitative estimate of drug-likeness (QED) is 0.748. The van der Waals surface area contributed by atoms with Crippen LogP contribution in [0, 0.1) is 0 Å². The van der Waals surface area contributed by atoms with E-state index in [1.54, 1.807) is 12.3 Å². The Bertz CT molecular complexity index is 786. The molecule has 1 fully saturated rings. The van der Waals surface area contributed by atoms with Gasteiger partial charge in [-0.1, -0.05) is 0 Å². The van der Waals surface area contributed by atoms with Crippen LogP contribution in [0.15, 0.2) is 30.9 Å². The molecule has 2 aromatic heterocycles. The van der Waals surface area contributed by atoms with Gasteiger partial charge in [-0.25, -0.2) is 14.5 Å². The predicted molar refractivity (Wildman–Crippen MR) is 75.8 cm³/mol. The van der Waals surface area contributed by atoms with Crippen molar-refractivity contribution in [1.82, 2.24) is 24.6 Å². The first-order valence-electron chi connectivity index (χ1n) is 7.46. The monoisotopic (exact) mass is 395 g/mol. The summed E-state index contributed by atoms with van der Waals surface area (Å²) in [4.78, 5) is 20.2. The summed E-state index contributed by atoms with van der Waals surface area (Å²) < 4.78 is 79.6. The van der Waals surface area contributed by atoms with Crippen molar-refractivity contribution in [3.63, 3.8) is 0 Å². The molecule has 27 heavy (non-hydrogen) atoms. The number of carbonyl (C=O) groups is 1. The first-order chi connectivity index (χ1) is 12.6. The molecule has 0 atom stereocenters. The maximum absolute atomic E-state index is 12.4. The Kier molecular flexibility index (Phi) is 4.70. The van der Waals surface area contributed by atoms with Gasteiger partial charge in [-0.05, 0) is 6.07 Å². The van der Waals surface area contributed by atoms with Gasteiger partial charge in [0.25, 0.3) is 6.10 Å². The van der Waals surface area contributed by atoms with Crippen LogP contribution in [-0.4, -0.2) is 62.3 Å². The van der Waals surface area contributed by atoms with Gasteiger partial charge in [0.1, 0.15) is 0 Å². The van der Waals surface area contributed by atoms with Crippen molar-refractivity contribution in [2.75, 3.05) is 13.1 Å². The summed E-state index contributed by atoms with van der Waals surface area (Å²) in [6.45, 7) is -0.225. The summed E-state index contributed by atoms with van der Waals surface area (Å²) in [6.07, 6.45) is -11.4. The first-order valence-corrected chi connectivity index (χ1v) is 7.46. The highest BCUT2D eigenvalue weighted by molar-refractivity contribution is 5.69. The number of alkyl halides is 6. The highest BCUT2D eigenvalue weighted by Gasteiger charge is 2.60. The zero-order valence-corrected chi connectivity index (χ0v) is 13.3. The fourth-order valence-electron chi connectivity index (χ4n) is 2.40. The normalized spacial score (nSPS) is 15.7. The van der Waals surface area contributed by atoms with E-state index in [1.807, 2.05) is 0 Å². The molecule has 0 N–H and O–H groups in total. The van der Waals surface area contributed by atoms with Crippen molar-refractivity contribution in [2.24, 2.45) is 0 Å². The van der Waals surface area contributed by atoms with Gasteiger partial charge in [0, 0.05) is 37.6 Å². The Hall–Kier alpha value is -2.86. The molecule has 0 aliphatic carbocycles. The largest absolute Gasteiger partial charge is 0.434 e. The molecule has 7 nitrogen and oxygen atoms in total. The van der Waals surface area contributed by atoms with E-state index < -0.39 is 24.5 Å². The number of carbonyl (C=O) groups excluding carboxylic acids is 1. The van der Waals surface area contributed by atoms with Crippen molar-refractivity contribution in [1.29, 1.82) is 0 Å². The minimum Gasteiger partial charge on any atom is -0.426 e. The third kappa shape index (κ3) is 4.11. The zero-order valence-electron chi connectivity index (χ0n) is 13.3. The third-order valence-corrected chi connectivity index (χ3v) is 3.77. The molecule has 0 aromatic carbocycles. The molecule has 2 aromatic rings. The van der Waals surface area contributed by atoms with Crippen LogP contribution in [0.1, 0.15) is 11.6 Å². The van der Waals surface area contributed by atoms with Crippen LogP contribution in [0.5, 0.6) is 0 Å². The van der Waals surface area contributed by atoms with E-state index in [-0.39, 0.29) is 19.0 Å². The van der Waals surface area contributed by atoms with Crippen LogP contribution < -0.4 is 0 Å². The standard InChI is InChI=1S/C14H11F6N5O2/c15-13(16,17)11(14(18,19)20)27-12(26)24-6-8(7-24)9-1-4-25(23-9)10-5-21-2-3-22-10/h1-5,8,11H,6-7H2. The van der Waals surface area contributed by atoms with E-state index in [4.69, 9.17) is 0 Å². The maximum Gasteiger partial charge on any atom is 0.434 e. The van der Waals surface area contributed by atoms with Crippen molar-refractivity contribution >= 4 is 6.09 Å². The summed E-state index contributed by atoms with van der Waals surface area (Å²) in [6, 6.07) is 1.61. The number of hydrogen-bond acceptors (Lipinski definition) is 5. The molecular formula is C14H11F6N5O2. The number of rotatable bonds is 3. The molecule has 0 radical (unpaired) electrons. The van der Waals surface area contributed by atoms with E-state index in [9.17, 15) is 31.1 Å². The Morgan fingerprint density at radius 3 is 2.37 bits per heavy atom. The van der Waals surface area contributed by atoms with E-state index >= 15 is 0 Å². The number of halogens is 6. The number of likely N-dealkylation sites (tertiary alicyclic amines) is 1. The number of nitrogens with zero attached hydrogens (tertiary/aromatic N) is 5. The molecule has 3 rings (SSSR count). The molecule has 1 aliphatic rings. The SMILES string of the molecule is O=C(OC(C(F)(F)F)C(F)(F)F)N1CC(c2ccn(-c3cnccn3)n2)C1. The summed E-state index contributed by atoms with van der Waals surface area (Å²) in [5.74, 6) is 0.0863. The van der Waals surface area contributed by atoms with E-state index in [0.29, 0.717) is 11.5 Å². The van der Waals surface area contributed by atoms with Gasteiger partial charge in [0.15, 0.2) is 5.82 Å². The Morgan fingerprint density at radius 1 is 1.15 bits per heavy atom. The molecule has 1 amide bonds. The lowest BCUT2D eigenvalue weighted by atomic mass is 9.97. The van der Waals surface area contributed by atoms with Gasteiger partial charge in [-0.2, -0.15) is 31.4 Å². The molecular weight excluding hydrogens is 384 g/mol. The highest BCUT2D eigenvalue weighted by Crippen LogP contribution is 2.37. The number of hydrogen-bond donors (Lipinski definition) is 0. The minimum absolute atomic E-state index is 0.112. The number of aromatic nitrogens is 4. The van der Waals surface area contributed by atoms with Crippen LogP contribution >= 0.6 is 0 Å². The lowest BCUT2D eigenvalue weighted by Gasteiger charge is -2.38. The maximum atomic E-state index is 12.4. The molecule has 146 valence electrons. The average Bonchev–Trinajstić information content (AvgIpc) is 2.99. The van der Waals surface area contributed by atoms with Crippen LogP contribution in [0.4, 0.5) is 31.1 Å². The molecule has 0 saturated carbocycles. The van der Waals surface area contributed by atoms with Crippen LogP contribution in [-0.2, 0) is 4.74 Å². The average molecular weight is 395 g/mol. The van der Waals surface area contributed by atoms with Gasteiger partial charge in [-0.15, -0.1) is 0 Å². The molecule has 1 saturated heterocycles. The summed E-state index contributed by atoms with van der Waals surface area (Å²) in [7, 11) is 0. The van der Waals surface area contributed by atoms with Crippen molar-refractivity contribution in [3.05, 3.63) is 36.5 Å². The predicted octanol–water partition coefficient (Wildman–Crippen LogP) is 2.69. The number of ether oxygens (including phenoxy) is 1. The van der Waals surface area contributed by atoms with Crippen molar-refractivity contribution < 1.29 is 35.9 Å². The fourth-order valence-corrected chi connectivity index (χ4v) is 2.40. The van der Waals surface area contributed by atoms with Gasteiger partial charge < -0.3 is 9.64 Å². The Balaban J connectivity index is 1.59. The Morgan fingerprint density at radius 2 is 1.81 bits per heavy atom. The van der Waals surface area contributed by atoms with E-state index in [0.717, 1.165) is 4.90 Å². The van der Waals surface area contributed by atoms with Crippen molar-refractivity contribution in [2.45, 2.75) is 24.4 Å². The molecule has 0 bridgehead atoms. The summed E-state index contributed by atoms with van der Waals surface area (Å²) in [5.41, 5.74) is 0.507. The van der Waals surface area contributed by atoms with Gasteiger partial charge in [-0.3, -0.25) is 4.98 Å². The van der Waals surface area contributed by atoms with E-state index in [1.165, 1.54) is 23.3 Å². The number of amides is 1. The topological polar surface area (TPSA) is 73.1 Å². The molecule has 0 spiro atoms. The fraction of sp³-hybridized carbons (Fsp3) is 0.429. The second-order valence-corrected chi connectivity index (χ2v) is 5.70. The van der Waals surface area contributed by atoms with Crippen LogP contribution in [0.25, 0.3) is 5.82 Å². The van der Waals surface area contributed by atoms with Crippen LogP contribution in [0.2, 0.25) is 0 Å². The smallest absolute Gasteiger partial charge is 0.426 e. The first kappa shape index (κ1) is 18.9. The molecule has 13 heteroatoms. The summed E-state index contributed by atoms with van der Waals surface area (Å²) >= 11 is 0. The lowest BCUT2D eigenvalue weighted by Crippen LogP contribution is -2.53. The van der Waals surface area contributed by atoms with Crippen molar-refractivity contribution in [3.8, 4) is 5.82 Å². The highest BCUT2D eigenvalue weighted by atomic mass is 19.4. The van der Waals surface area contributed by atoms with Crippen LogP contribution in [0.3, 0.4) is 0 Å². The Labute approximate surface area is 147 Å². The second-order valence-electron chi connectivity index (χ2n) is 5.70. The summed E-state index contributed by atoms with van der Waals surface area (Å²) in [5, 5.41) is 4.21. The zero-order chi connectivity index (χ0) is 19.8. The molecule has 1 aliphatic heterocycles. The minimum atomic E-state index is -5.74. The molecule has 3 heterocycles. The molecule has 0 unspecified atom stereocenters. The third-order valence-electron chi connectivity index (χ3n) is 3.77. The second kappa shape index (κ2) is 6.70.